The molecule has 0 aliphatic heterocycles. The summed E-state index contributed by atoms with van der Waals surface area (Å²) in [7, 11) is 0. The molecular formula is C21H32Cl2Hf-2. The van der Waals surface area contributed by atoms with Crippen LogP contribution in [0.5, 0.6) is 0 Å². The first kappa shape index (κ1) is 29.1. The molecule has 0 fully saturated rings. The van der Waals surface area contributed by atoms with E-state index in [0.717, 1.165) is 0 Å². The molecule has 0 bridgehead atoms. The van der Waals surface area contributed by atoms with Crippen molar-refractivity contribution >= 4 is 3.26 Å². The summed E-state index contributed by atoms with van der Waals surface area (Å²) in [5.74, 6) is 1.12. The third-order valence-corrected chi connectivity index (χ3v) is 4.47. The Morgan fingerprint density at radius 1 is 0.708 bits per heavy atom. The van der Waals surface area contributed by atoms with E-state index in [0.29, 0.717) is 11.8 Å². The molecule has 136 valence electrons. The summed E-state index contributed by atoms with van der Waals surface area (Å²) in [4.78, 5) is 0. The van der Waals surface area contributed by atoms with Gasteiger partial charge in [-0.2, -0.15) is 22.3 Å². The Hall–Kier alpha value is 0.280. The quantitative estimate of drug-likeness (QED) is 0.308. The third-order valence-electron chi connectivity index (χ3n) is 4.47. The van der Waals surface area contributed by atoms with Crippen molar-refractivity contribution in [2.24, 2.45) is 11.8 Å². The van der Waals surface area contributed by atoms with Crippen molar-refractivity contribution in [3.8, 4) is 0 Å². The Balaban J connectivity index is -0.000000283. The molecule has 0 N–H and O–H groups in total. The molecule has 0 aromatic rings. The number of hydrogen-bond acceptors (Lipinski definition) is 0. The molecule has 0 saturated carbocycles. The van der Waals surface area contributed by atoms with Gasteiger partial charge in [-0.15, -0.1) is 13.8 Å². The van der Waals surface area contributed by atoms with Crippen LogP contribution in [-0.2, 0) is 23.9 Å². The molecule has 0 aromatic heterocycles. The molecule has 2 aliphatic rings. The van der Waals surface area contributed by atoms with E-state index in [-0.39, 0.29) is 24.8 Å². The van der Waals surface area contributed by atoms with Gasteiger partial charge >= 0.3 is 41.0 Å². The van der Waals surface area contributed by atoms with Gasteiger partial charge in [0, 0.05) is 0 Å². The van der Waals surface area contributed by atoms with Crippen LogP contribution in [0.4, 0.5) is 0 Å². The van der Waals surface area contributed by atoms with Crippen LogP contribution in [0.25, 0.3) is 0 Å². The van der Waals surface area contributed by atoms with Crippen molar-refractivity contribution in [1.29, 1.82) is 0 Å². The van der Waals surface area contributed by atoms with E-state index in [9.17, 15) is 0 Å². The predicted octanol–water partition coefficient (Wildman–Crippen LogP) is 0.197. The topological polar surface area (TPSA) is 0 Å². The van der Waals surface area contributed by atoms with Crippen LogP contribution >= 0.6 is 0 Å². The van der Waals surface area contributed by atoms with Gasteiger partial charge in [0.1, 0.15) is 0 Å². The maximum Gasteiger partial charge on any atom is -1.00 e. The van der Waals surface area contributed by atoms with Crippen molar-refractivity contribution in [2.75, 3.05) is 0 Å². The van der Waals surface area contributed by atoms with E-state index in [4.69, 9.17) is 0 Å². The van der Waals surface area contributed by atoms with E-state index >= 15 is 0 Å². The Morgan fingerprint density at radius 2 is 0.917 bits per heavy atom. The van der Waals surface area contributed by atoms with Gasteiger partial charge in [-0.25, -0.2) is 11.1 Å². The number of rotatable bonds is 0. The molecule has 2 atom stereocenters. The normalized spacial score (nSPS) is 21.5. The molecule has 0 amide bonds. The number of halogens is 2. The summed E-state index contributed by atoms with van der Waals surface area (Å²) >= 11 is 1.27. The minimum atomic E-state index is 0. The van der Waals surface area contributed by atoms with Gasteiger partial charge in [0.2, 0.25) is 0 Å². The van der Waals surface area contributed by atoms with Gasteiger partial charge in [0.15, 0.2) is 0 Å². The average Bonchev–Trinajstić information content (AvgIpc) is 2.75. The minimum absolute atomic E-state index is 0. The summed E-state index contributed by atoms with van der Waals surface area (Å²) in [6, 6.07) is 0. The zero-order valence-electron chi connectivity index (χ0n) is 16.9. The number of hydrogen-bond donors (Lipinski definition) is 0. The molecule has 0 spiro atoms. The van der Waals surface area contributed by atoms with Crippen LogP contribution in [0.2, 0.25) is 0 Å². The van der Waals surface area contributed by atoms with Crippen molar-refractivity contribution in [2.45, 2.75) is 69.2 Å². The summed E-state index contributed by atoms with van der Waals surface area (Å²) < 4.78 is 1.56. The second-order valence-electron chi connectivity index (χ2n) is 6.60. The summed E-state index contributed by atoms with van der Waals surface area (Å²) in [5.41, 5.74) is 8.49. The molecule has 2 aliphatic carbocycles. The molecule has 0 radical (unpaired) electrons. The molecule has 24 heavy (non-hydrogen) atoms. The average molecular weight is 534 g/mol. The largest absolute Gasteiger partial charge is 1.00 e. The summed E-state index contributed by atoms with van der Waals surface area (Å²) in [5, 5.41) is 0. The Kier molecular flexibility index (Phi) is 16.3. The predicted molar refractivity (Wildman–Crippen MR) is 96.3 cm³/mol. The third kappa shape index (κ3) is 9.68. The first-order chi connectivity index (χ1) is 9.98. The van der Waals surface area contributed by atoms with Gasteiger partial charge < -0.3 is 24.8 Å². The molecule has 2 unspecified atom stereocenters. The van der Waals surface area contributed by atoms with Crippen LogP contribution in [-0.4, -0.2) is 3.26 Å². The zero-order valence-corrected chi connectivity index (χ0v) is 22.0. The number of allylic oxidation sites excluding steroid dienone is 8. The standard InChI is InChI=1S/2C9H13.C3H6.2ClH.Hf/c2*1-6-5-7(2)9(4)8(6)3;1-3-2;;;/h2*6H,1-4H3;1-2H3;2*1H;/q2*-1;;;;+2/p-2. The van der Waals surface area contributed by atoms with E-state index in [2.05, 4.69) is 81.4 Å². The fourth-order valence-corrected chi connectivity index (χ4v) is 2.32. The van der Waals surface area contributed by atoms with Gasteiger partial charge in [-0.3, -0.25) is 12.2 Å². The molecular weight excluding hydrogens is 502 g/mol. The Labute approximate surface area is 177 Å². The van der Waals surface area contributed by atoms with Crippen LogP contribution in [0.1, 0.15) is 69.2 Å². The van der Waals surface area contributed by atoms with Gasteiger partial charge in [-0.1, -0.05) is 53.4 Å². The van der Waals surface area contributed by atoms with E-state index in [1.807, 2.05) is 0 Å². The Bertz CT molecular complexity index is 500. The van der Waals surface area contributed by atoms with Crippen LogP contribution in [0.15, 0.2) is 33.4 Å². The van der Waals surface area contributed by atoms with Crippen LogP contribution in [0, 0.1) is 24.0 Å². The van der Waals surface area contributed by atoms with Crippen molar-refractivity contribution < 1.29 is 48.7 Å². The Morgan fingerprint density at radius 3 is 0.958 bits per heavy atom. The molecule has 0 nitrogen and oxygen atoms in total. The zero-order chi connectivity index (χ0) is 17.6. The first-order valence-electron chi connectivity index (χ1n) is 8.06. The maximum atomic E-state index is 3.36. The van der Waals surface area contributed by atoms with Gasteiger partial charge in [-0.05, 0) is 0 Å². The molecule has 3 heteroatoms. The van der Waals surface area contributed by atoms with E-state index < -0.39 is 0 Å². The second-order valence-corrected chi connectivity index (χ2v) is 10.2. The van der Waals surface area contributed by atoms with Crippen molar-refractivity contribution in [1.82, 2.24) is 0 Å². The summed E-state index contributed by atoms with van der Waals surface area (Å²) in [6.07, 6.45) is 6.72. The van der Waals surface area contributed by atoms with Crippen molar-refractivity contribution in [3.63, 3.8) is 0 Å². The van der Waals surface area contributed by atoms with Crippen molar-refractivity contribution in [3.05, 3.63) is 45.6 Å². The smallest absolute Gasteiger partial charge is 1.00 e. The fraction of sp³-hybridized carbons (Fsp3) is 0.571. The van der Waals surface area contributed by atoms with Crippen LogP contribution < -0.4 is 24.8 Å². The summed E-state index contributed by atoms with van der Waals surface area (Å²) in [6.45, 7) is 21.6. The van der Waals surface area contributed by atoms with Gasteiger partial charge in [0.05, 0.1) is 0 Å². The first-order valence-corrected chi connectivity index (χ1v) is 9.86. The maximum absolute atomic E-state index is 3.36. The van der Waals surface area contributed by atoms with E-state index in [1.54, 1.807) is 3.26 Å². The fourth-order valence-electron chi connectivity index (χ4n) is 2.32. The molecule has 0 saturated heterocycles. The monoisotopic (exact) mass is 534 g/mol. The molecule has 0 heterocycles. The minimum Gasteiger partial charge on any atom is -1.00 e. The SMILES string of the molecule is CC1=[C-]C(C)C(C)=C1C.CC1=[C-]C(C)C(C)=C1C.C[C](C)=[Hf+2].[Cl-].[Cl-]. The molecule has 2 rings (SSSR count). The van der Waals surface area contributed by atoms with Gasteiger partial charge in [0.25, 0.3) is 0 Å². The van der Waals surface area contributed by atoms with E-state index in [1.165, 1.54) is 57.3 Å². The second kappa shape index (κ2) is 13.5. The van der Waals surface area contributed by atoms with Crippen LogP contribution in [0.3, 0.4) is 0 Å². The molecule has 0 aromatic carbocycles.